The minimum Gasteiger partial charge on any atom is -0.0767 e. The lowest BCUT2D eigenvalue weighted by atomic mass is 10.00. The van der Waals surface area contributed by atoms with Gasteiger partial charge in [-0.3, -0.25) is 0 Å². The van der Waals surface area contributed by atoms with Crippen molar-refractivity contribution in [1.29, 1.82) is 0 Å². The van der Waals surface area contributed by atoms with Crippen molar-refractivity contribution >= 4 is 28.7 Å². The predicted molar refractivity (Wildman–Crippen MR) is 83.1 cm³/mol. The normalized spacial score (nSPS) is 12.8. The van der Waals surface area contributed by atoms with Crippen LogP contribution < -0.4 is 0 Å². The summed E-state index contributed by atoms with van der Waals surface area (Å²) in [6.07, 6.45) is 4.45. The van der Waals surface area contributed by atoms with Gasteiger partial charge in [-0.25, -0.2) is 0 Å². The van der Waals surface area contributed by atoms with E-state index in [0.29, 0.717) is 5.92 Å². The Morgan fingerprint density at radius 1 is 1.00 bits per heavy atom. The van der Waals surface area contributed by atoms with Crippen LogP contribution >= 0.6 is 22.6 Å². The zero-order valence-corrected chi connectivity index (χ0v) is 12.0. The zero-order valence-electron chi connectivity index (χ0n) is 9.81. The highest BCUT2D eigenvalue weighted by molar-refractivity contribution is 14.1. The summed E-state index contributed by atoms with van der Waals surface area (Å²) >= 11 is 2.34. The third-order valence-electron chi connectivity index (χ3n) is 2.75. The largest absolute Gasteiger partial charge is 0.0767 e. The Kier molecular flexibility index (Phi) is 4.37. The first-order chi connectivity index (χ1) is 8.25. The van der Waals surface area contributed by atoms with E-state index >= 15 is 0 Å². The smallest absolute Gasteiger partial charge is 0.0136 e. The molecule has 0 saturated carbocycles. The maximum absolute atomic E-state index is 2.34. The fourth-order valence-electron chi connectivity index (χ4n) is 1.73. The molecule has 0 nitrogen and oxygen atoms in total. The molecule has 17 heavy (non-hydrogen) atoms. The minimum absolute atomic E-state index is 0.453. The predicted octanol–water partition coefficient (Wildman–Crippen LogP) is 5.11. The highest BCUT2D eigenvalue weighted by atomic mass is 127. The molecule has 0 fully saturated rings. The van der Waals surface area contributed by atoms with Crippen LogP contribution in [0.1, 0.15) is 24.0 Å². The summed E-state index contributed by atoms with van der Waals surface area (Å²) in [6, 6.07) is 19.1. The number of rotatable bonds is 3. The summed E-state index contributed by atoms with van der Waals surface area (Å²) < 4.78 is 1.28. The molecule has 0 heterocycles. The second-order valence-electron chi connectivity index (χ2n) is 4.11. The third kappa shape index (κ3) is 3.70. The van der Waals surface area contributed by atoms with Crippen LogP contribution in [0.3, 0.4) is 0 Å². The lowest BCUT2D eigenvalue weighted by molar-refractivity contribution is 0.973. The van der Waals surface area contributed by atoms with Crippen LogP contribution in [0.15, 0.2) is 60.7 Å². The fraction of sp³-hybridized carbons (Fsp3) is 0.125. The molecule has 2 rings (SSSR count). The molecule has 1 atom stereocenters. The van der Waals surface area contributed by atoms with E-state index in [-0.39, 0.29) is 0 Å². The molecule has 0 saturated heterocycles. The highest BCUT2D eigenvalue weighted by Gasteiger charge is 1.99. The van der Waals surface area contributed by atoms with Crippen LogP contribution in [0.5, 0.6) is 0 Å². The Morgan fingerprint density at radius 3 is 2.47 bits per heavy atom. The summed E-state index contributed by atoms with van der Waals surface area (Å²) in [5, 5.41) is 0. The number of benzene rings is 2. The zero-order chi connectivity index (χ0) is 12.1. The first-order valence-corrected chi connectivity index (χ1v) is 6.82. The summed E-state index contributed by atoms with van der Waals surface area (Å²) in [5.74, 6) is 0.453. The molecule has 0 aliphatic carbocycles. The van der Waals surface area contributed by atoms with Gasteiger partial charge in [-0.1, -0.05) is 61.5 Å². The van der Waals surface area contributed by atoms with Crippen molar-refractivity contribution in [3.05, 3.63) is 75.4 Å². The van der Waals surface area contributed by atoms with Crippen LogP contribution in [0, 0.1) is 3.57 Å². The molecule has 0 aliphatic rings. The number of halogens is 1. The van der Waals surface area contributed by atoms with Gasteiger partial charge < -0.3 is 0 Å². The SMILES string of the molecule is CC(C=Cc1cccc(I)c1)c1ccccc1. The standard InChI is InChI=1S/C16H15I/c1-13(15-7-3-2-4-8-15)10-11-14-6-5-9-16(17)12-14/h2-13H,1H3. The van der Waals surface area contributed by atoms with Gasteiger partial charge >= 0.3 is 0 Å². The molecule has 0 N–H and O–H groups in total. The Hall–Kier alpha value is -1.09. The monoisotopic (exact) mass is 334 g/mol. The number of allylic oxidation sites excluding steroid dienone is 1. The van der Waals surface area contributed by atoms with E-state index in [0.717, 1.165) is 0 Å². The molecule has 1 unspecified atom stereocenters. The second-order valence-corrected chi connectivity index (χ2v) is 5.36. The molecule has 0 aromatic heterocycles. The van der Waals surface area contributed by atoms with Gasteiger partial charge in [0.25, 0.3) is 0 Å². The molecule has 0 radical (unpaired) electrons. The molecule has 1 heteroatoms. The van der Waals surface area contributed by atoms with Gasteiger partial charge in [-0.15, -0.1) is 0 Å². The van der Waals surface area contributed by atoms with E-state index in [1.54, 1.807) is 0 Å². The summed E-state index contributed by atoms with van der Waals surface area (Å²) in [5.41, 5.74) is 2.62. The first kappa shape index (κ1) is 12.4. The van der Waals surface area contributed by atoms with Gasteiger partial charge in [0.05, 0.1) is 0 Å². The van der Waals surface area contributed by atoms with E-state index in [9.17, 15) is 0 Å². The first-order valence-electron chi connectivity index (χ1n) is 5.74. The molecule has 86 valence electrons. The van der Waals surface area contributed by atoms with Crippen molar-refractivity contribution in [3.63, 3.8) is 0 Å². The van der Waals surface area contributed by atoms with Crippen molar-refractivity contribution in [2.24, 2.45) is 0 Å². The molecule has 0 spiro atoms. The molecule has 2 aromatic carbocycles. The van der Waals surface area contributed by atoms with Crippen LogP contribution in [0.4, 0.5) is 0 Å². The van der Waals surface area contributed by atoms with E-state index in [2.05, 4.69) is 96.3 Å². The maximum atomic E-state index is 2.34. The van der Waals surface area contributed by atoms with Crippen molar-refractivity contribution < 1.29 is 0 Å². The van der Waals surface area contributed by atoms with Crippen molar-refractivity contribution in [1.82, 2.24) is 0 Å². The van der Waals surface area contributed by atoms with Gasteiger partial charge in [0.1, 0.15) is 0 Å². The summed E-state index contributed by atoms with van der Waals surface area (Å²) in [6.45, 7) is 2.22. The topological polar surface area (TPSA) is 0 Å². The third-order valence-corrected chi connectivity index (χ3v) is 3.42. The lowest BCUT2D eigenvalue weighted by Gasteiger charge is -2.05. The van der Waals surface area contributed by atoms with E-state index in [1.807, 2.05) is 0 Å². The van der Waals surface area contributed by atoms with Crippen molar-refractivity contribution in [2.75, 3.05) is 0 Å². The molecular formula is C16H15I. The van der Waals surface area contributed by atoms with Gasteiger partial charge in [-0.05, 0) is 51.8 Å². The van der Waals surface area contributed by atoms with E-state index in [4.69, 9.17) is 0 Å². The molecule has 0 aliphatic heterocycles. The number of hydrogen-bond donors (Lipinski definition) is 0. The number of hydrogen-bond acceptors (Lipinski definition) is 0. The quantitative estimate of drug-likeness (QED) is 0.685. The van der Waals surface area contributed by atoms with Crippen LogP contribution in [-0.4, -0.2) is 0 Å². The average molecular weight is 334 g/mol. The maximum Gasteiger partial charge on any atom is 0.0136 e. The molecule has 0 bridgehead atoms. The van der Waals surface area contributed by atoms with Gasteiger partial charge in [0, 0.05) is 3.57 Å². The van der Waals surface area contributed by atoms with Crippen molar-refractivity contribution in [2.45, 2.75) is 12.8 Å². The molecular weight excluding hydrogens is 319 g/mol. The van der Waals surface area contributed by atoms with Gasteiger partial charge in [-0.2, -0.15) is 0 Å². The second kappa shape index (κ2) is 6.01. The van der Waals surface area contributed by atoms with Crippen LogP contribution in [0.25, 0.3) is 6.08 Å². The Balaban J connectivity index is 2.11. The average Bonchev–Trinajstić information content (AvgIpc) is 2.37. The fourth-order valence-corrected chi connectivity index (χ4v) is 2.30. The Morgan fingerprint density at radius 2 is 1.76 bits per heavy atom. The lowest BCUT2D eigenvalue weighted by Crippen LogP contribution is -1.87. The molecule has 0 amide bonds. The highest BCUT2D eigenvalue weighted by Crippen LogP contribution is 2.18. The summed E-state index contributed by atoms with van der Waals surface area (Å²) in [7, 11) is 0. The van der Waals surface area contributed by atoms with E-state index < -0.39 is 0 Å². The Labute approximate surface area is 117 Å². The summed E-state index contributed by atoms with van der Waals surface area (Å²) in [4.78, 5) is 0. The van der Waals surface area contributed by atoms with Gasteiger partial charge in [0.2, 0.25) is 0 Å². The van der Waals surface area contributed by atoms with Crippen LogP contribution in [-0.2, 0) is 0 Å². The van der Waals surface area contributed by atoms with Gasteiger partial charge in [0.15, 0.2) is 0 Å². The molecule has 2 aromatic rings. The van der Waals surface area contributed by atoms with Crippen LogP contribution in [0.2, 0.25) is 0 Å². The van der Waals surface area contributed by atoms with Crippen molar-refractivity contribution in [3.8, 4) is 0 Å². The Bertz CT molecular complexity index is 500. The van der Waals surface area contributed by atoms with E-state index in [1.165, 1.54) is 14.7 Å². The minimum atomic E-state index is 0.453.